The first-order valence-corrected chi connectivity index (χ1v) is 8.95. The third kappa shape index (κ3) is 7.19. The predicted octanol–water partition coefficient (Wildman–Crippen LogP) is 3.84. The van der Waals surface area contributed by atoms with E-state index in [2.05, 4.69) is 15.6 Å². The highest BCUT2D eigenvalue weighted by Gasteiger charge is 2.16. The summed E-state index contributed by atoms with van der Waals surface area (Å²) < 4.78 is 11.2. The minimum atomic E-state index is 0. The Morgan fingerprint density at radius 1 is 1.21 bits per heavy atom. The van der Waals surface area contributed by atoms with Gasteiger partial charge in [-0.25, -0.2) is 0 Å². The normalized spacial score (nSPS) is 15.1. The van der Waals surface area contributed by atoms with Crippen molar-refractivity contribution in [1.82, 2.24) is 10.3 Å². The number of hydrogen-bond donors (Lipinski definition) is 2. The zero-order valence-electron chi connectivity index (χ0n) is 15.8. The highest BCUT2D eigenvalue weighted by molar-refractivity contribution is 5.91. The van der Waals surface area contributed by atoms with Crippen molar-refractivity contribution < 1.29 is 14.3 Å². The Kier molecular flexibility index (Phi) is 10.7. The van der Waals surface area contributed by atoms with E-state index in [4.69, 9.17) is 9.47 Å². The number of pyridine rings is 1. The molecule has 1 unspecified atom stereocenters. The number of aromatic nitrogens is 1. The zero-order chi connectivity index (χ0) is 18.2. The summed E-state index contributed by atoms with van der Waals surface area (Å²) in [7, 11) is 1.60. The van der Waals surface area contributed by atoms with Gasteiger partial charge >= 0.3 is 0 Å². The Morgan fingerprint density at radius 2 is 2.00 bits per heavy atom. The second kappa shape index (κ2) is 12.4. The van der Waals surface area contributed by atoms with Crippen molar-refractivity contribution >= 4 is 36.4 Å². The molecule has 2 aromatic rings. The van der Waals surface area contributed by atoms with Crippen LogP contribution in [0.1, 0.15) is 24.8 Å². The van der Waals surface area contributed by atoms with E-state index in [9.17, 15) is 4.79 Å². The smallest absolute Gasteiger partial charge is 0.224 e. The fraction of sp³-hybridized carbons (Fsp3) is 0.400. The fourth-order valence-electron chi connectivity index (χ4n) is 3.03. The van der Waals surface area contributed by atoms with E-state index < -0.39 is 0 Å². The first kappa shape index (κ1) is 24.0. The second-order valence-corrected chi connectivity index (χ2v) is 6.46. The molecule has 2 heterocycles. The number of rotatable bonds is 8. The number of halogens is 2. The summed E-state index contributed by atoms with van der Waals surface area (Å²) in [6.45, 7) is 2.48. The molecule has 6 nitrogen and oxygen atoms in total. The third-order valence-corrected chi connectivity index (χ3v) is 4.53. The molecule has 1 aliphatic rings. The molecule has 0 bridgehead atoms. The molecule has 8 heteroatoms. The number of hydrogen-bond acceptors (Lipinski definition) is 5. The molecule has 1 amide bonds. The first-order valence-electron chi connectivity index (χ1n) is 8.95. The lowest BCUT2D eigenvalue weighted by atomic mass is 10.0. The molecule has 0 aliphatic carbocycles. The van der Waals surface area contributed by atoms with Gasteiger partial charge in [0.25, 0.3) is 0 Å². The van der Waals surface area contributed by atoms with Crippen molar-refractivity contribution in [3.05, 3.63) is 48.3 Å². The van der Waals surface area contributed by atoms with Crippen LogP contribution in [0.15, 0.2) is 42.7 Å². The van der Waals surface area contributed by atoms with Gasteiger partial charge in [-0.3, -0.25) is 9.78 Å². The maximum absolute atomic E-state index is 12.2. The van der Waals surface area contributed by atoms with Crippen LogP contribution in [-0.2, 0) is 11.4 Å². The van der Waals surface area contributed by atoms with Crippen LogP contribution in [-0.4, -0.2) is 31.1 Å². The molecule has 2 N–H and O–H groups in total. The van der Waals surface area contributed by atoms with Crippen LogP contribution < -0.4 is 20.1 Å². The number of nitrogens with zero attached hydrogens (tertiary/aromatic N) is 1. The van der Waals surface area contributed by atoms with Gasteiger partial charge in [0.1, 0.15) is 6.61 Å². The Hall–Kier alpha value is -2.02. The molecule has 3 rings (SSSR count). The molecule has 0 radical (unpaired) electrons. The van der Waals surface area contributed by atoms with Crippen molar-refractivity contribution in [3.63, 3.8) is 0 Å². The highest BCUT2D eigenvalue weighted by atomic mass is 35.5. The van der Waals surface area contributed by atoms with Gasteiger partial charge in [-0.2, -0.15) is 0 Å². The number of methoxy groups -OCH3 is 1. The van der Waals surface area contributed by atoms with Crippen LogP contribution in [0.25, 0.3) is 0 Å². The molecule has 1 saturated heterocycles. The number of carbonyl (C=O) groups excluding carboxylic acids is 1. The van der Waals surface area contributed by atoms with Gasteiger partial charge in [0.05, 0.1) is 7.11 Å². The molecule has 28 heavy (non-hydrogen) atoms. The predicted molar refractivity (Wildman–Crippen MR) is 115 cm³/mol. The molecular formula is C20H27Cl2N3O3. The van der Waals surface area contributed by atoms with Crippen molar-refractivity contribution in [2.24, 2.45) is 5.92 Å². The summed E-state index contributed by atoms with van der Waals surface area (Å²) in [5.41, 5.74) is 1.73. The summed E-state index contributed by atoms with van der Waals surface area (Å²) in [4.78, 5) is 16.2. The van der Waals surface area contributed by atoms with E-state index in [0.717, 1.165) is 31.5 Å². The number of amides is 1. The van der Waals surface area contributed by atoms with Gasteiger partial charge in [-0.1, -0.05) is 0 Å². The lowest BCUT2D eigenvalue weighted by Gasteiger charge is -2.13. The standard InChI is InChI=1S/C20H25N3O3.2ClH/c1-25-18-4-3-17(23-20(24)5-2-15-6-11-22-13-15)12-19(18)26-14-16-7-9-21-10-8-16;;/h3-4,7-10,12,15,22H,2,5-6,11,13-14H2,1H3,(H,23,24);2*1H. The molecule has 0 spiro atoms. The quantitative estimate of drug-likeness (QED) is 0.669. The van der Waals surface area contributed by atoms with Crippen LogP contribution in [0, 0.1) is 5.92 Å². The van der Waals surface area contributed by atoms with Gasteiger partial charge in [0.2, 0.25) is 5.91 Å². The molecule has 154 valence electrons. The van der Waals surface area contributed by atoms with Crippen LogP contribution in [0.2, 0.25) is 0 Å². The maximum atomic E-state index is 12.2. The fourth-order valence-corrected chi connectivity index (χ4v) is 3.03. The van der Waals surface area contributed by atoms with Crippen LogP contribution in [0.5, 0.6) is 11.5 Å². The Morgan fingerprint density at radius 3 is 2.68 bits per heavy atom. The molecule has 1 aromatic heterocycles. The SMILES string of the molecule is COc1ccc(NC(=O)CCC2CCNC2)cc1OCc1ccncc1.Cl.Cl. The van der Waals surface area contributed by atoms with Gasteiger partial charge < -0.3 is 20.1 Å². The highest BCUT2D eigenvalue weighted by Crippen LogP contribution is 2.31. The van der Waals surface area contributed by atoms with Crippen molar-refractivity contribution in [1.29, 1.82) is 0 Å². The average molecular weight is 428 g/mol. The molecule has 1 aliphatic heterocycles. The van der Waals surface area contributed by atoms with E-state index in [1.165, 1.54) is 0 Å². The van der Waals surface area contributed by atoms with Crippen LogP contribution >= 0.6 is 24.8 Å². The molecule has 1 fully saturated rings. The zero-order valence-corrected chi connectivity index (χ0v) is 17.5. The summed E-state index contributed by atoms with van der Waals surface area (Å²) in [6, 6.07) is 9.23. The van der Waals surface area contributed by atoms with Crippen molar-refractivity contribution in [3.8, 4) is 11.5 Å². The monoisotopic (exact) mass is 427 g/mol. The summed E-state index contributed by atoms with van der Waals surface area (Å²) in [6.07, 6.45) is 6.06. The topological polar surface area (TPSA) is 72.5 Å². The first-order chi connectivity index (χ1) is 12.7. The van der Waals surface area contributed by atoms with Crippen LogP contribution in [0.4, 0.5) is 5.69 Å². The van der Waals surface area contributed by atoms with E-state index in [1.54, 1.807) is 31.6 Å². The van der Waals surface area contributed by atoms with E-state index >= 15 is 0 Å². The average Bonchev–Trinajstić information content (AvgIpc) is 3.19. The van der Waals surface area contributed by atoms with Gasteiger partial charge in [-0.05, 0) is 61.7 Å². The van der Waals surface area contributed by atoms with Crippen molar-refractivity contribution in [2.75, 3.05) is 25.5 Å². The molecule has 0 saturated carbocycles. The summed E-state index contributed by atoms with van der Waals surface area (Å²) >= 11 is 0. The largest absolute Gasteiger partial charge is 0.493 e. The Labute approximate surface area is 178 Å². The minimum absolute atomic E-state index is 0. The van der Waals surface area contributed by atoms with Crippen molar-refractivity contribution in [2.45, 2.75) is 25.9 Å². The maximum Gasteiger partial charge on any atom is 0.224 e. The lowest BCUT2D eigenvalue weighted by molar-refractivity contribution is -0.116. The molecular weight excluding hydrogens is 401 g/mol. The number of ether oxygens (including phenoxy) is 2. The second-order valence-electron chi connectivity index (χ2n) is 6.46. The minimum Gasteiger partial charge on any atom is -0.493 e. The number of benzene rings is 1. The molecule has 1 atom stereocenters. The van der Waals surface area contributed by atoms with Gasteiger partial charge in [-0.15, -0.1) is 24.8 Å². The summed E-state index contributed by atoms with van der Waals surface area (Å²) in [5, 5.41) is 6.28. The molecule has 1 aromatic carbocycles. The van der Waals surface area contributed by atoms with E-state index in [-0.39, 0.29) is 30.7 Å². The summed E-state index contributed by atoms with van der Waals surface area (Å²) in [5.74, 6) is 1.87. The third-order valence-electron chi connectivity index (χ3n) is 4.53. The number of carbonyl (C=O) groups is 1. The number of anilines is 1. The van der Waals surface area contributed by atoms with E-state index in [0.29, 0.717) is 36.1 Å². The Balaban J connectivity index is 0.00000196. The number of nitrogens with one attached hydrogen (secondary N) is 2. The Bertz CT molecular complexity index is 726. The van der Waals surface area contributed by atoms with Crippen LogP contribution in [0.3, 0.4) is 0 Å². The van der Waals surface area contributed by atoms with Gasteiger partial charge in [0.15, 0.2) is 11.5 Å². The lowest BCUT2D eigenvalue weighted by Crippen LogP contribution is -2.15. The van der Waals surface area contributed by atoms with E-state index in [1.807, 2.05) is 18.2 Å². The van der Waals surface area contributed by atoms with Gasteiger partial charge in [0, 0.05) is 30.6 Å².